The van der Waals surface area contributed by atoms with Gasteiger partial charge in [0.05, 0.1) is 17.6 Å². The maximum absolute atomic E-state index is 5.84. The molecule has 0 aromatic heterocycles. The van der Waals surface area contributed by atoms with Gasteiger partial charge in [0.15, 0.2) is 0 Å². The van der Waals surface area contributed by atoms with Crippen LogP contribution in [0.5, 0.6) is 0 Å². The Morgan fingerprint density at radius 2 is 2.17 bits per heavy atom. The molecule has 0 saturated heterocycles. The van der Waals surface area contributed by atoms with Crippen LogP contribution in [0.25, 0.3) is 0 Å². The Labute approximate surface area is 94.3 Å². The van der Waals surface area contributed by atoms with E-state index in [0.29, 0.717) is 12.0 Å². The van der Waals surface area contributed by atoms with Gasteiger partial charge in [-0.2, -0.15) is 0 Å². The fourth-order valence-corrected chi connectivity index (χ4v) is 1.98. The van der Waals surface area contributed by atoms with E-state index in [9.17, 15) is 0 Å². The average molecular weight is 305 g/mol. The Morgan fingerprint density at radius 1 is 1.58 bits per heavy atom. The lowest BCUT2D eigenvalue weighted by Crippen LogP contribution is -2.36. The first-order valence-corrected chi connectivity index (χ1v) is 6.43. The normalized spacial score (nSPS) is 18.8. The van der Waals surface area contributed by atoms with E-state index in [0.717, 1.165) is 10.8 Å². The monoisotopic (exact) mass is 304 g/mol. The van der Waals surface area contributed by atoms with E-state index in [2.05, 4.69) is 43.4 Å². The number of alkyl halides is 2. The Balaban J connectivity index is 3.84. The molecule has 0 aromatic carbocycles. The predicted octanol–water partition coefficient (Wildman–Crippen LogP) is 3.62. The summed E-state index contributed by atoms with van der Waals surface area (Å²) in [6.45, 7) is 6.35. The summed E-state index contributed by atoms with van der Waals surface area (Å²) in [4.78, 5) is 0. The average Bonchev–Trinajstić information content (AvgIpc) is 2.05. The quantitative estimate of drug-likeness (QED) is 0.538. The van der Waals surface area contributed by atoms with Gasteiger partial charge in [-0.3, -0.25) is 0 Å². The van der Waals surface area contributed by atoms with E-state index in [4.69, 9.17) is 16.3 Å². The van der Waals surface area contributed by atoms with Gasteiger partial charge in [-0.1, -0.05) is 35.9 Å². The van der Waals surface area contributed by atoms with Gasteiger partial charge in [-0.15, -0.1) is 11.6 Å². The molecule has 0 radical (unpaired) electrons. The second-order valence-corrected chi connectivity index (χ2v) is 4.46. The highest BCUT2D eigenvalue weighted by Gasteiger charge is 2.24. The summed E-state index contributed by atoms with van der Waals surface area (Å²) in [5, 5.41) is 0. The summed E-state index contributed by atoms with van der Waals surface area (Å²) < 4.78 is 6.78. The smallest absolute Gasteiger partial charge is 0.0881 e. The van der Waals surface area contributed by atoms with Gasteiger partial charge in [0.2, 0.25) is 0 Å². The molecule has 0 rings (SSSR count). The molecule has 0 aliphatic carbocycles. The minimum atomic E-state index is -0.142. The molecule has 0 aromatic rings. The molecular weight excluding hydrogens is 286 g/mol. The molecule has 0 aliphatic heterocycles. The molecule has 2 unspecified atom stereocenters. The fraction of sp³-hybridized carbons (Fsp3) is 1.00. The van der Waals surface area contributed by atoms with Gasteiger partial charge < -0.3 is 4.74 Å². The molecule has 12 heavy (non-hydrogen) atoms. The van der Waals surface area contributed by atoms with Crippen molar-refractivity contribution in [2.45, 2.75) is 45.3 Å². The van der Waals surface area contributed by atoms with Gasteiger partial charge in [0.1, 0.15) is 0 Å². The maximum Gasteiger partial charge on any atom is 0.0881 e. The van der Waals surface area contributed by atoms with E-state index >= 15 is 0 Å². The van der Waals surface area contributed by atoms with E-state index < -0.39 is 0 Å². The van der Waals surface area contributed by atoms with Crippen LogP contribution in [-0.2, 0) is 4.74 Å². The van der Waals surface area contributed by atoms with Crippen molar-refractivity contribution in [3.63, 3.8) is 0 Å². The van der Waals surface area contributed by atoms with Crippen LogP contribution >= 0.6 is 34.2 Å². The standard InChI is InChI=1S/C9H18ClIO/c1-4-5-8(2)12-9(3,6-10)7-11/h8H,4-7H2,1-3H3. The lowest BCUT2D eigenvalue weighted by Gasteiger charge is -2.29. The molecule has 1 nitrogen and oxygen atoms in total. The highest BCUT2D eigenvalue weighted by Crippen LogP contribution is 2.19. The third-order valence-electron chi connectivity index (χ3n) is 1.75. The maximum atomic E-state index is 5.84. The van der Waals surface area contributed by atoms with E-state index in [-0.39, 0.29) is 5.60 Å². The number of hydrogen-bond acceptors (Lipinski definition) is 1. The van der Waals surface area contributed by atoms with Crippen LogP contribution in [0.4, 0.5) is 0 Å². The molecule has 0 heterocycles. The molecular formula is C9H18ClIO. The van der Waals surface area contributed by atoms with Crippen molar-refractivity contribution in [3.8, 4) is 0 Å². The van der Waals surface area contributed by atoms with Crippen molar-refractivity contribution >= 4 is 34.2 Å². The fourth-order valence-electron chi connectivity index (χ4n) is 1.05. The number of rotatable bonds is 6. The van der Waals surface area contributed by atoms with Crippen molar-refractivity contribution in [1.82, 2.24) is 0 Å². The van der Waals surface area contributed by atoms with E-state index in [1.807, 2.05) is 0 Å². The molecule has 3 heteroatoms. The van der Waals surface area contributed by atoms with E-state index in [1.54, 1.807) is 0 Å². The molecule has 0 spiro atoms. The summed E-state index contributed by atoms with van der Waals surface area (Å²) in [6, 6.07) is 0. The van der Waals surface area contributed by atoms with Gasteiger partial charge in [-0.05, 0) is 20.3 Å². The van der Waals surface area contributed by atoms with Crippen LogP contribution in [-0.4, -0.2) is 22.0 Å². The first-order valence-electron chi connectivity index (χ1n) is 4.37. The predicted molar refractivity (Wildman–Crippen MR) is 63.5 cm³/mol. The summed E-state index contributed by atoms with van der Waals surface area (Å²) in [6.07, 6.45) is 2.61. The lowest BCUT2D eigenvalue weighted by atomic mass is 10.1. The minimum absolute atomic E-state index is 0.142. The van der Waals surface area contributed by atoms with Crippen molar-refractivity contribution in [1.29, 1.82) is 0 Å². The third-order valence-corrected chi connectivity index (χ3v) is 3.93. The SMILES string of the molecule is CCCC(C)OC(C)(CCl)CI. The van der Waals surface area contributed by atoms with Crippen LogP contribution in [0.3, 0.4) is 0 Å². The molecule has 0 amide bonds. The van der Waals surface area contributed by atoms with Crippen molar-refractivity contribution < 1.29 is 4.74 Å². The largest absolute Gasteiger partial charge is 0.370 e. The van der Waals surface area contributed by atoms with Gasteiger partial charge in [0, 0.05) is 4.43 Å². The molecule has 0 bridgehead atoms. The summed E-state index contributed by atoms with van der Waals surface area (Å²) in [7, 11) is 0. The van der Waals surface area contributed by atoms with Crippen molar-refractivity contribution in [3.05, 3.63) is 0 Å². The molecule has 0 fully saturated rings. The van der Waals surface area contributed by atoms with Crippen molar-refractivity contribution in [2.24, 2.45) is 0 Å². The van der Waals surface area contributed by atoms with Crippen LogP contribution in [0, 0.1) is 0 Å². The summed E-state index contributed by atoms with van der Waals surface area (Å²) >= 11 is 8.14. The van der Waals surface area contributed by atoms with Gasteiger partial charge >= 0.3 is 0 Å². The van der Waals surface area contributed by atoms with Crippen LogP contribution in [0.15, 0.2) is 0 Å². The second-order valence-electron chi connectivity index (χ2n) is 3.43. The molecule has 2 atom stereocenters. The van der Waals surface area contributed by atoms with Gasteiger partial charge in [0.25, 0.3) is 0 Å². The minimum Gasteiger partial charge on any atom is -0.370 e. The third kappa shape index (κ3) is 4.87. The first kappa shape index (κ1) is 13.0. The van der Waals surface area contributed by atoms with Crippen LogP contribution in [0.1, 0.15) is 33.6 Å². The Kier molecular flexibility index (Phi) is 6.96. The molecule has 74 valence electrons. The number of hydrogen-bond donors (Lipinski definition) is 0. The van der Waals surface area contributed by atoms with Crippen molar-refractivity contribution in [2.75, 3.05) is 10.3 Å². The zero-order valence-electron chi connectivity index (χ0n) is 8.07. The molecule has 0 aliphatic rings. The number of halogens is 2. The Hall–Kier alpha value is 0.980. The molecule has 0 saturated carbocycles. The highest BCUT2D eigenvalue weighted by molar-refractivity contribution is 14.1. The zero-order chi connectivity index (χ0) is 9.61. The number of ether oxygens (including phenoxy) is 1. The Morgan fingerprint density at radius 3 is 2.50 bits per heavy atom. The van der Waals surface area contributed by atoms with Crippen LogP contribution < -0.4 is 0 Å². The van der Waals surface area contributed by atoms with Crippen LogP contribution in [0.2, 0.25) is 0 Å². The summed E-state index contributed by atoms with van der Waals surface area (Å²) in [5.41, 5.74) is -0.142. The highest BCUT2D eigenvalue weighted by atomic mass is 127. The molecule has 0 N–H and O–H groups in total. The van der Waals surface area contributed by atoms with Gasteiger partial charge in [-0.25, -0.2) is 0 Å². The second kappa shape index (κ2) is 6.44. The Bertz CT molecular complexity index is 115. The summed E-state index contributed by atoms with van der Waals surface area (Å²) in [5.74, 6) is 0.573. The van der Waals surface area contributed by atoms with E-state index in [1.165, 1.54) is 6.42 Å². The lowest BCUT2D eigenvalue weighted by molar-refractivity contribution is -0.0470. The first-order chi connectivity index (χ1) is 5.58. The zero-order valence-corrected chi connectivity index (χ0v) is 11.0. The topological polar surface area (TPSA) is 9.23 Å².